The molecule has 2 aromatic carbocycles. The zero-order valence-electron chi connectivity index (χ0n) is 10.7. The van der Waals surface area contributed by atoms with Gasteiger partial charge in [0.2, 0.25) is 0 Å². The van der Waals surface area contributed by atoms with Gasteiger partial charge >= 0.3 is 6.18 Å². The smallest absolute Gasteiger partial charge is 0.256 e. The Bertz CT molecular complexity index is 795. The van der Waals surface area contributed by atoms with E-state index in [4.69, 9.17) is 0 Å². The molecule has 0 N–H and O–H groups in total. The van der Waals surface area contributed by atoms with Gasteiger partial charge < -0.3 is 0 Å². The highest BCUT2D eigenvalue weighted by Crippen LogP contribution is 2.31. The van der Waals surface area contributed by atoms with Gasteiger partial charge in [0.05, 0.1) is 11.1 Å². The Morgan fingerprint density at radius 1 is 0.857 bits per heavy atom. The third kappa shape index (κ3) is 2.93. The molecule has 3 rings (SSSR count). The maximum Gasteiger partial charge on any atom is 0.416 e. The largest absolute Gasteiger partial charge is 0.416 e. The van der Waals surface area contributed by atoms with Gasteiger partial charge in [-0.05, 0) is 42.0 Å². The van der Waals surface area contributed by atoms with Crippen molar-refractivity contribution in [1.29, 1.82) is 0 Å². The van der Waals surface area contributed by atoms with E-state index in [0.29, 0.717) is 5.56 Å². The summed E-state index contributed by atoms with van der Waals surface area (Å²) in [6.45, 7) is 0. The molecule has 0 radical (unpaired) electrons. The standard InChI is InChI=1S/C16H9BrF3N/c17-14-5-6-15-11(8-14)7-12(9-21-15)10-1-3-13(4-2-10)16(18,19)20/h1-9H. The van der Waals surface area contributed by atoms with E-state index in [1.807, 2.05) is 24.3 Å². The molecule has 0 bridgehead atoms. The summed E-state index contributed by atoms with van der Waals surface area (Å²) in [6.07, 6.45) is -2.65. The van der Waals surface area contributed by atoms with Crippen LogP contribution in [0.5, 0.6) is 0 Å². The molecule has 1 nitrogen and oxygen atoms in total. The number of nitrogens with zero attached hydrogens (tertiary/aromatic N) is 1. The second kappa shape index (κ2) is 5.15. The normalized spacial score (nSPS) is 11.8. The first kappa shape index (κ1) is 14.1. The van der Waals surface area contributed by atoms with Crippen molar-refractivity contribution in [3.63, 3.8) is 0 Å². The lowest BCUT2D eigenvalue weighted by Gasteiger charge is -2.08. The molecule has 0 unspecified atom stereocenters. The summed E-state index contributed by atoms with van der Waals surface area (Å²) in [4.78, 5) is 4.33. The van der Waals surface area contributed by atoms with Crippen molar-refractivity contribution in [3.8, 4) is 11.1 Å². The first-order chi connectivity index (χ1) is 9.93. The van der Waals surface area contributed by atoms with Gasteiger partial charge in [0, 0.05) is 21.6 Å². The molecule has 1 heterocycles. The van der Waals surface area contributed by atoms with Gasteiger partial charge in [0.15, 0.2) is 0 Å². The minimum atomic E-state index is -4.31. The van der Waals surface area contributed by atoms with E-state index in [1.165, 1.54) is 12.1 Å². The Morgan fingerprint density at radius 2 is 1.57 bits per heavy atom. The van der Waals surface area contributed by atoms with E-state index in [2.05, 4.69) is 20.9 Å². The zero-order chi connectivity index (χ0) is 15.0. The van der Waals surface area contributed by atoms with Gasteiger partial charge in [-0.15, -0.1) is 0 Å². The number of benzene rings is 2. The molecule has 0 fully saturated rings. The van der Waals surface area contributed by atoms with E-state index in [9.17, 15) is 13.2 Å². The average molecular weight is 352 g/mol. The number of halogens is 4. The highest BCUT2D eigenvalue weighted by molar-refractivity contribution is 9.10. The molecule has 0 atom stereocenters. The molecular formula is C16H9BrF3N. The van der Waals surface area contributed by atoms with Gasteiger partial charge in [-0.2, -0.15) is 13.2 Å². The predicted molar refractivity (Wildman–Crippen MR) is 79.9 cm³/mol. The van der Waals surface area contributed by atoms with Crippen molar-refractivity contribution in [2.45, 2.75) is 6.18 Å². The molecule has 5 heteroatoms. The number of rotatable bonds is 1. The molecule has 0 aliphatic rings. The Labute approximate surface area is 127 Å². The molecule has 0 amide bonds. The first-order valence-electron chi connectivity index (χ1n) is 6.16. The lowest BCUT2D eigenvalue weighted by Crippen LogP contribution is -2.03. The van der Waals surface area contributed by atoms with Crippen LogP contribution in [0.1, 0.15) is 5.56 Å². The Morgan fingerprint density at radius 3 is 2.24 bits per heavy atom. The quantitative estimate of drug-likeness (QED) is 0.549. The maximum absolute atomic E-state index is 12.6. The minimum absolute atomic E-state index is 0.650. The van der Waals surface area contributed by atoms with Crippen molar-refractivity contribution in [1.82, 2.24) is 4.98 Å². The van der Waals surface area contributed by atoms with E-state index in [0.717, 1.165) is 33.1 Å². The van der Waals surface area contributed by atoms with Crippen LogP contribution in [-0.4, -0.2) is 4.98 Å². The Balaban J connectivity index is 2.04. The number of fused-ring (bicyclic) bond motifs is 1. The molecule has 0 spiro atoms. The Hall–Kier alpha value is -1.88. The fraction of sp³-hybridized carbons (Fsp3) is 0.0625. The third-order valence-electron chi connectivity index (χ3n) is 3.19. The van der Waals surface area contributed by atoms with Crippen LogP contribution in [0, 0.1) is 0 Å². The van der Waals surface area contributed by atoms with Crippen LogP contribution in [0.25, 0.3) is 22.0 Å². The zero-order valence-corrected chi connectivity index (χ0v) is 12.2. The summed E-state index contributed by atoms with van der Waals surface area (Å²) in [5, 5.41) is 0.932. The molecule has 0 aliphatic heterocycles. The summed E-state index contributed by atoms with van der Waals surface area (Å²) in [6, 6.07) is 12.7. The fourth-order valence-corrected chi connectivity index (χ4v) is 2.49. The summed E-state index contributed by atoms with van der Waals surface area (Å²) >= 11 is 3.39. The lowest BCUT2D eigenvalue weighted by molar-refractivity contribution is -0.137. The molecule has 3 aromatic rings. The summed E-state index contributed by atoms with van der Waals surface area (Å²) < 4.78 is 38.6. The summed E-state index contributed by atoms with van der Waals surface area (Å²) in [5.41, 5.74) is 1.68. The second-order valence-electron chi connectivity index (χ2n) is 4.64. The van der Waals surface area contributed by atoms with E-state index < -0.39 is 11.7 Å². The number of pyridine rings is 1. The monoisotopic (exact) mass is 351 g/mol. The van der Waals surface area contributed by atoms with Crippen LogP contribution in [0.15, 0.2) is 59.2 Å². The highest BCUT2D eigenvalue weighted by atomic mass is 79.9. The predicted octanol–water partition coefficient (Wildman–Crippen LogP) is 5.68. The SMILES string of the molecule is FC(F)(F)c1ccc(-c2cnc3ccc(Br)cc3c2)cc1. The molecular weight excluding hydrogens is 343 g/mol. The van der Waals surface area contributed by atoms with Gasteiger partial charge in [-0.1, -0.05) is 28.1 Å². The van der Waals surface area contributed by atoms with E-state index in [1.54, 1.807) is 6.20 Å². The van der Waals surface area contributed by atoms with Crippen molar-refractivity contribution in [2.75, 3.05) is 0 Å². The van der Waals surface area contributed by atoms with Crippen LogP contribution in [-0.2, 0) is 6.18 Å². The van der Waals surface area contributed by atoms with Crippen molar-refractivity contribution < 1.29 is 13.2 Å². The van der Waals surface area contributed by atoms with Gasteiger partial charge in [0.25, 0.3) is 0 Å². The van der Waals surface area contributed by atoms with Crippen molar-refractivity contribution in [3.05, 3.63) is 64.8 Å². The van der Waals surface area contributed by atoms with Crippen molar-refractivity contribution in [2.24, 2.45) is 0 Å². The van der Waals surface area contributed by atoms with E-state index >= 15 is 0 Å². The van der Waals surface area contributed by atoms with Crippen LogP contribution >= 0.6 is 15.9 Å². The molecule has 106 valence electrons. The highest BCUT2D eigenvalue weighted by Gasteiger charge is 2.29. The first-order valence-corrected chi connectivity index (χ1v) is 6.96. The molecule has 21 heavy (non-hydrogen) atoms. The minimum Gasteiger partial charge on any atom is -0.256 e. The molecule has 0 saturated heterocycles. The second-order valence-corrected chi connectivity index (χ2v) is 5.55. The molecule has 0 aliphatic carbocycles. The van der Waals surface area contributed by atoms with Gasteiger partial charge in [0.1, 0.15) is 0 Å². The van der Waals surface area contributed by atoms with Crippen LogP contribution in [0.2, 0.25) is 0 Å². The number of hydrogen-bond acceptors (Lipinski definition) is 1. The van der Waals surface area contributed by atoms with Crippen LogP contribution in [0.4, 0.5) is 13.2 Å². The molecule has 1 aromatic heterocycles. The number of alkyl halides is 3. The van der Waals surface area contributed by atoms with E-state index in [-0.39, 0.29) is 0 Å². The van der Waals surface area contributed by atoms with Crippen LogP contribution < -0.4 is 0 Å². The van der Waals surface area contributed by atoms with Gasteiger partial charge in [-0.3, -0.25) is 4.98 Å². The Kier molecular flexibility index (Phi) is 3.45. The third-order valence-corrected chi connectivity index (χ3v) is 3.68. The molecule has 0 saturated carbocycles. The van der Waals surface area contributed by atoms with Crippen LogP contribution in [0.3, 0.4) is 0 Å². The fourth-order valence-electron chi connectivity index (χ4n) is 2.11. The summed E-state index contributed by atoms with van der Waals surface area (Å²) in [5.74, 6) is 0. The topological polar surface area (TPSA) is 12.9 Å². The maximum atomic E-state index is 12.6. The number of aromatic nitrogens is 1. The number of hydrogen-bond donors (Lipinski definition) is 0. The summed E-state index contributed by atoms with van der Waals surface area (Å²) in [7, 11) is 0. The average Bonchev–Trinajstić information content (AvgIpc) is 2.45. The van der Waals surface area contributed by atoms with Crippen molar-refractivity contribution >= 4 is 26.8 Å². The lowest BCUT2D eigenvalue weighted by atomic mass is 10.0. The van der Waals surface area contributed by atoms with Gasteiger partial charge in [-0.25, -0.2) is 0 Å².